The highest BCUT2D eigenvalue weighted by molar-refractivity contribution is 6.06. The molecule has 2 aromatic carbocycles. The van der Waals surface area contributed by atoms with E-state index in [1.54, 1.807) is 12.1 Å². The lowest BCUT2D eigenvalue weighted by Crippen LogP contribution is -2.23. The Balaban J connectivity index is 1.51. The van der Waals surface area contributed by atoms with Gasteiger partial charge >= 0.3 is 5.97 Å². The van der Waals surface area contributed by atoms with Crippen LogP contribution in [0.1, 0.15) is 45.3 Å². The minimum absolute atomic E-state index is 0.341. The van der Waals surface area contributed by atoms with Gasteiger partial charge in [0.1, 0.15) is 0 Å². The summed E-state index contributed by atoms with van der Waals surface area (Å²) in [5.74, 6) is -1.09. The number of hydrogen-bond donors (Lipinski definition) is 2. The third-order valence-corrected chi connectivity index (χ3v) is 5.50. The van der Waals surface area contributed by atoms with Gasteiger partial charge in [-0.25, -0.2) is 4.79 Å². The summed E-state index contributed by atoms with van der Waals surface area (Å²) in [6, 6.07) is 13.6. The van der Waals surface area contributed by atoms with Crippen LogP contribution in [0.2, 0.25) is 0 Å². The third-order valence-electron chi connectivity index (χ3n) is 5.50. The Labute approximate surface area is 179 Å². The van der Waals surface area contributed by atoms with Crippen LogP contribution < -0.4 is 11.1 Å². The number of rotatable bonds is 5. The van der Waals surface area contributed by atoms with Gasteiger partial charge in [0.2, 0.25) is 5.91 Å². The number of hydrogen-bond acceptors (Lipinski definition) is 5. The number of fused-ring (bicyclic) bond motifs is 2. The molecule has 0 aliphatic heterocycles. The van der Waals surface area contributed by atoms with Crippen LogP contribution in [0.25, 0.3) is 10.9 Å². The number of carbonyl (C=O) groups excluding carboxylic acids is 3. The van der Waals surface area contributed by atoms with Crippen LogP contribution in [0.3, 0.4) is 0 Å². The van der Waals surface area contributed by atoms with Gasteiger partial charge in [-0.05, 0) is 61.1 Å². The molecule has 3 aromatic rings. The molecule has 4 rings (SSSR count). The topological polar surface area (TPSA) is 111 Å². The molecule has 0 saturated heterocycles. The number of anilines is 1. The number of carbonyl (C=O) groups is 3. The molecule has 3 N–H and O–H groups in total. The van der Waals surface area contributed by atoms with Gasteiger partial charge in [-0.2, -0.15) is 0 Å². The second-order valence-electron chi connectivity index (χ2n) is 7.84. The molecule has 2 amide bonds. The van der Waals surface area contributed by atoms with E-state index in [1.165, 1.54) is 12.1 Å². The number of amides is 2. The van der Waals surface area contributed by atoms with Crippen LogP contribution in [0.5, 0.6) is 0 Å². The number of ether oxygens (including phenoxy) is 1. The normalized spacial score (nSPS) is 15.2. The minimum atomic E-state index is -0.547. The standard InChI is InChI=1S/C24H23N3O4/c1-14-6-11-20-18(12-14)22(17-4-2-3-5-19(17)27-20)24(30)31-13-21(28)26-16-9-7-15(8-10-16)23(25)29/h2-5,7-10,14H,6,11-13H2,1H3,(H2,25,29)(H,26,28)/t14-/m0/s1. The SMILES string of the molecule is C[C@H]1CCc2nc3ccccc3c(C(=O)OCC(=O)Nc3ccc(C(N)=O)cc3)c2C1. The fraction of sp³-hybridized carbons (Fsp3) is 0.250. The van der Waals surface area contributed by atoms with Crippen LogP contribution in [0, 0.1) is 5.92 Å². The van der Waals surface area contributed by atoms with E-state index in [4.69, 9.17) is 15.5 Å². The zero-order chi connectivity index (χ0) is 22.0. The Hall–Kier alpha value is -3.74. The fourth-order valence-electron chi connectivity index (χ4n) is 3.91. The highest BCUT2D eigenvalue weighted by Gasteiger charge is 2.26. The number of aromatic nitrogens is 1. The van der Waals surface area contributed by atoms with E-state index in [2.05, 4.69) is 12.2 Å². The molecule has 7 nitrogen and oxygen atoms in total. The molecular formula is C24H23N3O4. The van der Waals surface area contributed by atoms with Crippen LogP contribution in [-0.2, 0) is 22.4 Å². The van der Waals surface area contributed by atoms with Crippen LogP contribution in [-0.4, -0.2) is 29.4 Å². The van der Waals surface area contributed by atoms with Gasteiger partial charge in [-0.15, -0.1) is 0 Å². The largest absolute Gasteiger partial charge is 0.452 e. The number of para-hydroxylation sites is 1. The Morgan fingerprint density at radius 3 is 2.61 bits per heavy atom. The van der Waals surface area contributed by atoms with Crippen LogP contribution in [0.15, 0.2) is 48.5 Å². The van der Waals surface area contributed by atoms with Crippen molar-refractivity contribution >= 4 is 34.4 Å². The van der Waals surface area contributed by atoms with Crippen molar-refractivity contribution in [2.24, 2.45) is 11.7 Å². The van der Waals surface area contributed by atoms with Crippen LogP contribution in [0.4, 0.5) is 5.69 Å². The minimum Gasteiger partial charge on any atom is -0.452 e. The summed E-state index contributed by atoms with van der Waals surface area (Å²) in [7, 11) is 0. The maximum absolute atomic E-state index is 13.0. The summed E-state index contributed by atoms with van der Waals surface area (Å²) in [6.45, 7) is 1.74. The van der Waals surface area contributed by atoms with Gasteiger partial charge in [-0.3, -0.25) is 14.6 Å². The number of primary amides is 1. The Bertz CT molecular complexity index is 1170. The van der Waals surface area contributed by atoms with Crippen molar-refractivity contribution in [2.75, 3.05) is 11.9 Å². The first kappa shape index (κ1) is 20.5. The second kappa shape index (κ2) is 8.55. The first-order chi connectivity index (χ1) is 14.9. The summed E-state index contributed by atoms with van der Waals surface area (Å²) in [5, 5.41) is 3.38. The maximum atomic E-state index is 13.0. The smallest absolute Gasteiger partial charge is 0.339 e. The zero-order valence-corrected chi connectivity index (χ0v) is 17.2. The van der Waals surface area contributed by atoms with E-state index in [-0.39, 0.29) is 0 Å². The second-order valence-corrected chi connectivity index (χ2v) is 7.84. The van der Waals surface area contributed by atoms with Gasteiger partial charge in [0.25, 0.3) is 5.91 Å². The molecule has 158 valence electrons. The van der Waals surface area contributed by atoms with E-state index >= 15 is 0 Å². The molecule has 0 spiro atoms. The van der Waals surface area contributed by atoms with Crippen molar-refractivity contribution in [3.63, 3.8) is 0 Å². The van der Waals surface area contributed by atoms with Crippen molar-refractivity contribution in [2.45, 2.75) is 26.2 Å². The molecule has 1 heterocycles. The van der Waals surface area contributed by atoms with Gasteiger partial charge in [0.05, 0.1) is 11.1 Å². The molecule has 0 unspecified atom stereocenters. The lowest BCUT2D eigenvalue weighted by Gasteiger charge is -2.24. The van der Waals surface area contributed by atoms with Crippen molar-refractivity contribution in [3.05, 3.63) is 70.9 Å². The predicted octanol–water partition coefficient (Wildman–Crippen LogP) is 3.25. The molecule has 0 radical (unpaired) electrons. The molecule has 7 heteroatoms. The lowest BCUT2D eigenvalue weighted by molar-refractivity contribution is -0.119. The van der Waals surface area contributed by atoms with Gasteiger partial charge < -0.3 is 15.8 Å². The first-order valence-corrected chi connectivity index (χ1v) is 10.2. The molecule has 1 atom stereocenters. The molecule has 1 aromatic heterocycles. The molecule has 0 fully saturated rings. The monoisotopic (exact) mass is 417 g/mol. The maximum Gasteiger partial charge on any atom is 0.339 e. The number of esters is 1. The van der Waals surface area contributed by atoms with Crippen molar-refractivity contribution in [3.8, 4) is 0 Å². The van der Waals surface area contributed by atoms with Crippen LogP contribution >= 0.6 is 0 Å². The summed E-state index contributed by atoms with van der Waals surface area (Å²) < 4.78 is 5.38. The lowest BCUT2D eigenvalue weighted by atomic mass is 9.84. The highest BCUT2D eigenvalue weighted by Crippen LogP contribution is 2.32. The first-order valence-electron chi connectivity index (χ1n) is 10.2. The average Bonchev–Trinajstić information content (AvgIpc) is 2.76. The predicted molar refractivity (Wildman–Crippen MR) is 117 cm³/mol. The Morgan fingerprint density at radius 1 is 1.13 bits per heavy atom. The van der Waals surface area contributed by atoms with E-state index in [1.807, 2.05) is 24.3 Å². The van der Waals surface area contributed by atoms with Crippen molar-refractivity contribution in [1.82, 2.24) is 4.98 Å². The highest BCUT2D eigenvalue weighted by atomic mass is 16.5. The van der Waals surface area contributed by atoms with Gasteiger partial charge in [0, 0.05) is 22.3 Å². The average molecular weight is 417 g/mol. The molecule has 1 aliphatic rings. The van der Waals surface area contributed by atoms with E-state index in [9.17, 15) is 14.4 Å². The Morgan fingerprint density at radius 2 is 1.87 bits per heavy atom. The van der Waals surface area contributed by atoms with E-state index in [0.29, 0.717) is 22.7 Å². The summed E-state index contributed by atoms with van der Waals surface area (Å²) in [6.07, 6.45) is 2.61. The summed E-state index contributed by atoms with van der Waals surface area (Å²) in [4.78, 5) is 41.2. The molecule has 31 heavy (non-hydrogen) atoms. The summed E-state index contributed by atoms with van der Waals surface area (Å²) >= 11 is 0. The number of nitrogens with two attached hydrogens (primary N) is 1. The number of benzene rings is 2. The van der Waals surface area contributed by atoms with Gasteiger partial charge in [-0.1, -0.05) is 25.1 Å². The number of nitrogens with one attached hydrogen (secondary N) is 1. The summed E-state index contributed by atoms with van der Waals surface area (Å²) in [5.41, 5.74) is 9.14. The van der Waals surface area contributed by atoms with Crippen molar-refractivity contribution in [1.29, 1.82) is 0 Å². The fourth-order valence-corrected chi connectivity index (χ4v) is 3.91. The quantitative estimate of drug-likeness (QED) is 0.619. The third kappa shape index (κ3) is 4.40. The number of aryl methyl sites for hydroxylation is 1. The van der Waals surface area contributed by atoms with E-state index in [0.717, 1.165) is 41.4 Å². The molecule has 0 saturated carbocycles. The molecular weight excluding hydrogens is 394 g/mol. The Kier molecular flexibility index (Phi) is 5.66. The number of pyridine rings is 1. The zero-order valence-electron chi connectivity index (χ0n) is 17.2. The van der Waals surface area contributed by atoms with Gasteiger partial charge in [0.15, 0.2) is 6.61 Å². The molecule has 0 bridgehead atoms. The molecule has 1 aliphatic carbocycles. The number of nitrogens with zero attached hydrogens (tertiary/aromatic N) is 1. The van der Waals surface area contributed by atoms with Crippen molar-refractivity contribution < 1.29 is 19.1 Å². The van der Waals surface area contributed by atoms with E-state index < -0.39 is 24.4 Å².